The molecule has 5 nitrogen and oxygen atoms in total. The van der Waals surface area contributed by atoms with Crippen LogP contribution >= 0.6 is 23.2 Å². The van der Waals surface area contributed by atoms with Crippen molar-refractivity contribution >= 4 is 29.2 Å². The van der Waals surface area contributed by atoms with Crippen molar-refractivity contribution in [2.24, 2.45) is 0 Å². The quantitative estimate of drug-likeness (QED) is 0.935. The highest BCUT2D eigenvalue weighted by Gasteiger charge is 2.11. The second-order valence-electron chi connectivity index (χ2n) is 3.53. The summed E-state index contributed by atoms with van der Waals surface area (Å²) in [4.78, 5) is 14.5. The maximum Gasteiger partial charge on any atom is 0.303 e. The first-order chi connectivity index (χ1) is 8.56. The molecule has 18 heavy (non-hydrogen) atoms. The lowest BCUT2D eigenvalue weighted by Crippen LogP contribution is -1.97. The molecule has 0 saturated carbocycles. The Morgan fingerprint density at radius 3 is 2.78 bits per heavy atom. The molecule has 2 aromatic rings. The monoisotopic (exact) mass is 286 g/mol. The molecule has 0 unspecified atom stereocenters. The third-order valence-corrected chi connectivity index (χ3v) is 2.94. The summed E-state index contributed by atoms with van der Waals surface area (Å²) >= 11 is 11.7. The van der Waals surface area contributed by atoms with Crippen LogP contribution in [0, 0.1) is 0 Å². The van der Waals surface area contributed by atoms with Gasteiger partial charge in [0, 0.05) is 12.0 Å². The fourth-order valence-corrected chi connectivity index (χ4v) is 1.62. The van der Waals surface area contributed by atoms with Gasteiger partial charge in [-0.15, -0.1) is 0 Å². The Balaban J connectivity index is 2.18. The molecule has 0 spiro atoms. The summed E-state index contributed by atoms with van der Waals surface area (Å²) in [6.45, 7) is 0. The maximum absolute atomic E-state index is 10.4. The highest BCUT2D eigenvalue weighted by molar-refractivity contribution is 6.42. The predicted octanol–water partition coefficient (Wildman–Crippen LogP) is 3.06. The number of aromatic nitrogens is 2. The molecule has 7 heteroatoms. The number of aliphatic carboxylic acids is 1. The van der Waals surface area contributed by atoms with E-state index in [2.05, 4.69) is 10.1 Å². The molecule has 0 saturated heterocycles. The Hall–Kier alpha value is -1.59. The zero-order chi connectivity index (χ0) is 13.1. The number of carboxylic acid groups (broad SMARTS) is 1. The van der Waals surface area contributed by atoms with Crippen LogP contribution in [0.15, 0.2) is 22.7 Å². The molecule has 0 amide bonds. The highest BCUT2D eigenvalue weighted by Crippen LogP contribution is 2.27. The number of benzene rings is 1. The van der Waals surface area contributed by atoms with Gasteiger partial charge in [-0.2, -0.15) is 4.98 Å². The van der Waals surface area contributed by atoms with Crippen molar-refractivity contribution in [2.75, 3.05) is 0 Å². The molecule has 0 radical (unpaired) electrons. The molecule has 1 N–H and O–H groups in total. The Kier molecular flexibility index (Phi) is 3.84. The molecular formula is C11H8Cl2N2O3. The Morgan fingerprint density at radius 1 is 1.33 bits per heavy atom. The van der Waals surface area contributed by atoms with E-state index in [0.29, 0.717) is 21.4 Å². The van der Waals surface area contributed by atoms with Crippen LogP contribution in [0.4, 0.5) is 0 Å². The minimum atomic E-state index is -0.913. The van der Waals surface area contributed by atoms with E-state index in [0.717, 1.165) is 0 Å². The van der Waals surface area contributed by atoms with Gasteiger partial charge in [-0.3, -0.25) is 4.79 Å². The Morgan fingerprint density at radius 2 is 2.11 bits per heavy atom. The van der Waals surface area contributed by atoms with E-state index in [1.165, 1.54) is 0 Å². The third kappa shape index (κ3) is 3.00. The first kappa shape index (κ1) is 12.9. The summed E-state index contributed by atoms with van der Waals surface area (Å²) in [5.41, 5.74) is 0.662. The fourth-order valence-electron chi connectivity index (χ4n) is 1.32. The summed E-state index contributed by atoms with van der Waals surface area (Å²) < 4.78 is 4.94. The lowest BCUT2D eigenvalue weighted by Gasteiger charge is -1.97. The molecule has 94 valence electrons. The summed E-state index contributed by atoms with van der Waals surface area (Å²) in [6.07, 6.45) is 0.145. The smallest absolute Gasteiger partial charge is 0.303 e. The highest BCUT2D eigenvalue weighted by atomic mass is 35.5. The normalized spacial score (nSPS) is 10.6. The van der Waals surface area contributed by atoms with Crippen molar-refractivity contribution in [3.05, 3.63) is 34.1 Å². The van der Waals surface area contributed by atoms with Crippen LogP contribution in [0.5, 0.6) is 0 Å². The zero-order valence-corrected chi connectivity index (χ0v) is 10.6. The molecule has 2 rings (SSSR count). The minimum absolute atomic E-state index is 0.0526. The number of carbonyl (C=O) groups is 1. The predicted molar refractivity (Wildman–Crippen MR) is 65.7 cm³/mol. The second-order valence-corrected chi connectivity index (χ2v) is 4.35. The van der Waals surface area contributed by atoms with E-state index in [4.69, 9.17) is 32.8 Å². The Labute approximate surface area is 112 Å². The maximum atomic E-state index is 10.4. The van der Waals surface area contributed by atoms with Gasteiger partial charge < -0.3 is 9.63 Å². The van der Waals surface area contributed by atoms with Crippen molar-refractivity contribution in [3.63, 3.8) is 0 Å². The van der Waals surface area contributed by atoms with E-state index in [9.17, 15) is 4.79 Å². The Bertz CT molecular complexity index is 583. The molecule has 0 fully saturated rings. The van der Waals surface area contributed by atoms with E-state index in [1.807, 2.05) is 0 Å². The standard InChI is InChI=1S/C11H8Cl2N2O3/c12-7-2-1-6(5-8(7)13)11-14-9(18-15-11)3-4-10(16)17/h1-2,5H,3-4H2,(H,16,17). The molecule has 0 atom stereocenters. The lowest BCUT2D eigenvalue weighted by molar-refractivity contribution is -0.137. The van der Waals surface area contributed by atoms with Crippen LogP contribution in [0.1, 0.15) is 12.3 Å². The molecular weight excluding hydrogens is 279 g/mol. The van der Waals surface area contributed by atoms with Crippen LogP contribution in [0.25, 0.3) is 11.4 Å². The molecule has 0 aliphatic rings. The van der Waals surface area contributed by atoms with Crippen molar-refractivity contribution in [1.29, 1.82) is 0 Å². The van der Waals surface area contributed by atoms with Crippen LogP contribution in [-0.4, -0.2) is 21.2 Å². The first-order valence-corrected chi connectivity index (χ1v) is 5.81. The number of carboxylic acids is 1. The van der Waals surface area contributed by atoms with Crippen molar-refractivity contribution < 1.29 is 14.4 Å². The van der Waals surface area contributed by atoms with Crippen LogP contribution in [-0.2, 0) is 11.2 Å². The summed E-state index contributed by atoms with van der Waals surface area (Å²) in [5.74, 6) is -0.281. The van der Waals surface area contributed by atoms with Gasteiger partial charge in [0.2, 0.25) is 11.7 Å². The van der Waals surface area contributed by atoms with Crippen molar-refractivity contribution in [1.82, 2.24) is 10.1 Å². The molecule has 1 aromatic carbocycles. The van der Waals surface area contributed by atoms with E-state index < -0.39 is 5.97 Å². The molecule has 0 aliphatic heterocycles. The van der Waals surface area contributed by atoms with Crippen LogP contribution < -0.4 is 0 Å². The molecule has 1 aromatic heterocycles. The number of halogens is 2. The minimum Gasteiger partial charge on any atom is -0.481 e. The topological polar surface area (TPSA) is 76.2 Å². The fraction of sp³-hybridized carbons (Fsp3) is 0.182. The van der Waals surface area contributed by atoms with Gasteiger partial charge >= 0.3 is 5.97 Å². The van der Waals surface area contributed by atoms with Gasteiger partial charge in [0.25, 0.3) is 0 Å². The third-order valence-electron chi connectivity index (χ3n) is 2.20. The largest absolute Gasteiger partial charge is 0.481 e. The first-order valence-electron chi connectivity index (χ1n) is 5.06. The number of nitrogens with zero attached hydrogens (tertiary/aromatic N) is 2. The van der Waals surface area contributed by atoms with Gasteiger partial charge in [0.05, 0.1) is 16.5 Å². The number of hydrogen-bond donors (Lipinski definition) is 1. The average molecular weight is 287 g/mol. The number of hydrogen-bond acceptors (Lipinski definition) is 4. The number of aryl methyl sites for hydroxylation is 1. The van der Waals surface area contributed by atoms with Gasteiger partial charge in [0.1, 0.15) is 0 Å². The van der Waals surface area contributed by atoms with Gasteiger partial charge in [-0.05, 0) is 18.2 Å². The number of rotatable bonds is 4. The van der Waals surface area contributed by atoms with E-state index in [1.54, 1.807) is 18.2 Å². The van der Waals surface area contributed by atoms with E-state index >= 15 is 0 Å². The van der Waals surface area contributed by atoms with Crippen molar-refractivity contribution in [2.45, 2.75) is 12.8 Å². The van der Waals surface area contributed by atoms with Crippen LogP contribution in [0.3, 0.4) is 0 Å². The SMILES string of the molecule is O=C(O)CCc1nc(-c2ccc(Cl)c(Cl)c2)no1. The summed E-state index contributed by atoms with van der Waals surface area (Å²) in [5, 5.41) is 13.1. The van der Waals surface area contributed by atoms with E-state index in [-0.39, 0.29) is 18.7 Å². The average Bonchev–Trinajstić information content (AvgIpc) is 2.79. The summed E-state index contributed by atoms with van der Waals surface area (Å²) in [6, 6.07) is 4.96. The zero-order valence-electron chi connectivity index (χ0n) is 9.06. The lowest BCUT2D eigenvalue weighted by atomic mass is 10.2. The second kappa shape index (κ2) is 5.37. The summed E-state index contributed by atoms with van der Waals surface area (Å²) in [7, 11) is 0. The molecule has 0 aliphatic carbocycles. The molecule has 1 heterocycles. The van der Waals surface area contributed by atoms with Crippen LogP contribution in [0.2, 0.25) is 10.0 Å². The van der Waals surface area contributed by atoms with Gasteiger partial charge in [-0.1, -0.05) is 28.4 Å². The molecule has 0 bridgehead atoms. The van der Waals surface area contributed by atoms with Gasteiger partial charge in [0.15, 0.2) is 0 Å². The van der Waals surface area contributed by atoms with Gasteiger partial charge in [-0.25, -0.2) is 0 Å². The van der Waals surface area contributed by atoms with Crippen molar-refractivity contribution in [3.8, 4) is 11.4 Å².